The molecule has 1 aliphatic carbocycles. The van der Waals surface area contributed by atoms with Crippen molar-refractivity contribution in [2.45, 2.75) is 97.1 Å². The zero-order valence-corrected chi connectivity index (χ0v) is 25.3. The Bertz CT molecular complexity index is 1450. The van der Waals surface area contributed by atoms with Crippen LogP contribution in [0.4, 0.5) is 23.8 Å². The standard InChI is InChI=1S/C31H39F3N6O4/c1-5-6-10-24(27(41)28(42)37-26-15-16-36-40(26)22-8-7-9-22)39(29(43)44)25(30(2,3)4)18-38-17-23(35-19-38)20-11-13-21(14-12-20)31(32,33)34/h11-17,19,22,24-25H,5-10,18H2,1-4H3,(H,37,42)(H,43,44)/t24-,25+/m0/s1. The Morgan fingerprint density at radius 3 is 2.34 bits per heavy atom. The lowest BCUT2D eigenvalue weighted by Crippen LogP contribution is -2.57. The molecule has 1 fully saturated rings. The Labute approximate surface area is 254 Å². The fourth-order valence-electron chi connectivity index (χ4n) is 5.36. The van der Waals surface area contributed by atoms with Crippen molar-refractivity contribution in [3.05, 3.63) is 54.6 Å². The van der Waals surface area contributed by atoms with E-state index in [-0.39, 0.29) is 19.0 Å². The van der Waals surface area contributed by atoms with Crippen LogP contribution in [0.15, 0.2) is 49.1 Å². The number of carbonyl (C=O) groups is 3. The van der Waals surface area contributed by atoms with E-state index in [0.29, 0.717) is 29.9 Å². The lowest BCUT2D eigenvalue weighted by molar-refractivity contribution is -0.139. The normalized spacial score (nSPS) is 15.3. The first-order chi connectivity index (χ1) is 20.7. The lowest BCUT2D eigenvalue weighted by Gasteiger charge is -2.42. The van der Waals surface area contributed by atoms with Crippen LogP contribution in [-0.2, 0) is 22.3 Å². The van der Waals surface area contributed by atoms with E-state index in [2.05, 4.69) is 15.4 Å². The van der Waals surface area contributed by atoms with Gasteiger partial charge in [-0.3, -0.25) is 14.5 Å². The molecule has 2 heterocycles. The lowest BCUT2D eigenvalue weighted by atomic mass is 9.84. The van der Waals surface area contributed by atoms with E-state index in [0.717, 1.165) is 36.3 Å². The number of ketones is 1. The van der Waals surface area contributed by atoms with Crippen LogP contribution in [0.3, 0.4) is 0 Å². The van der Waals surface area contributed by atoms with Crippen molar-refractivity contribution in [2.24, 2.45) is 5.41 Å². The third-order valence-electron chi connectivity index (χ3n) is 8.11. The molecule has 0 saturated heterocycles. The zero-order chi connectivity index (χ0) is 32.2. The molecule has 0 bridgehead atoms. The molecule has 2 atom stereocenters. The molecule has 0 aliphatic heterocycles. The van der Waals surface area contributed by atoms with Crippen molar-refractivity contribution in [1.29, 1.82) is 0 Å². The number of nitrogens with one attached hydrogen (secondary N) is 1. The summed E-state index contributed by atoms with van der Waals surface area (Å²) in [5.41, 5.74) is -0.575. The maximum absolute atomic E-state index is 13.7. The van der Waals surface area contributed by atoms with Crippen LogP contribution in [0.5, 0.6) is 0 Å². The van der Waals surface area contributed by atoms with Gasteiger partial charge in [-0.25, -0.2) is 14.5 Å². The van der Waals surface area contributed by atoms with E-state index in [1.54, 1.807) is 27.7 Å². The molecule has 1 aromatic carbocycles. The highest BCUT2D eigenvalue weighted by atomic mass is 19.4. The number of hydrogen-bond acceptors (Lipinski definition) is 5. The molecule has 238 valence electrons. The number of rotatable bonds is 12. The second kappa shape index (κ2) is 13.2. The Morgan fingerprint density at radius 1 is 1.11 bits per heavy atom. The average Bonchev–Trinajstić information content (AvgIpc) is 3.57. The van der Waals surface area contributed by atoms with Gasteiger partial charge in [0.25, 0.3) is 5.91 Å². The van der Waals surface area contributed by atoms with Gasteiger partial charge in [0.2, 0.25) is 5.78 Å². The summed E-state index contributed by atoms with van der Waals surface area (Å²) in [6.45, 7) is 7.55. The molecule has 2 aromatic heterocycles. The first-order valence-corrected chi connectivity index (χ1v) is 14.8. The van der Waals surface area contributed by atoms with Crippen molar-refractivity contribution in [1.82, 2.24) is 24.2 Å². The zero-order valence-electron chi connectivity index (χ0n) is 25.3. The van der Waals surface area contributed by atoms with Gasteiger partial charge in [-0.1, -0.05) is 52.7 Å². The molecule has 2 amide bonds. The number of benzene rings is 1. The molecule has 4 rings (SSSR count). The van der Waals surface area contributed by atoms with E-state index in [1.807, 2.05) is 27.7 Å². The van der Waals surface area contributed by atoms with Crippen molar-refractivity contribution < 1.29 is 32.7 Å². The largest absolute Gasteiger partial charge is 0.465 e. The number of nitrogens with zero attached hydrogens (tertiary/aromatic N) is 5. The van der Waals surface area contributed by atoms with Crippen molar-refractivity contribution >= 4 is 23.6 Å². The van der Waals surface area contributed by atoms with Gasteiger partial charge < -0.3 is 15.0 Å². The first-order valence-electron chi connectivity index (χ1n) is 14.8. The van der Waals surface area contributed by atoms with Crippen LogP contribution >= 0.6 is 0 Å². The minimum atomic E-state index is -4.46. The van der Waals surface area contributed by atoms with Crippen LogP contribution < -0.4 is 5.32 Å². The second-order valence-electron chi connectivity index (χ2n) is 12.3. The number of aromatic nitrogens is 4. The van der Waals surface area contributed by atoms with Crippen molar-refractivity contribution in [3.8, 4) is 11.3 Å². The van der Waals surface area contributed by atoms with Gasteiger partial charge in [-0.2, -0.15) is 18.3 Å². The number of imidazole rings is 1. The van der Waals surface area contributed by atoms with Gasteiger partial charge in [0.05, 0.1) is 35.9 Å². The van der Waals surface area contributed by atoms with Crippen molar-refractivity contribution in [3.63, 3.8) is 0 Å². The summed E-state index contributed by atoms with van der Waals surface area (Å²) in [7, 11) is 0. The minimum Gasteiger partial charge on any atom is -0.465 e. The molecule has 0 unspecified atom stereocenters. The topological polar surface area (TPSA) is 122 Å². The van der Waals surface area contributed by atoms with E-state index in [4.69, 9.17) is 0 Å². The molecule has 0 radical (unpaired) electrons. The number of carbonyl (C=O) groups excluding carboxylic acids is 2. The van der Waals surface area contributed by atoms with Gasteiger partial charge in [0.1, 0.15) is 11.9 Å². The molecule has 1 saturated carbocycles. The number of unbranched alkanes of at least 4 members (excludes halogenated alkanes) is 1. The summed E-state index contributed by atoms with van der Waals surface area (Å²) in [4.78, 5) is 45.3. The summed E-state index contributed by atoms with van der Waals surface area (Å²) >= 11 is 0. The van der Waals surface area contributed by atoms with Gasteiger partial charge in [0.15, 0.2) is 0 Å². The van der Waals surface area contributed by atoms with Gasteiger partial charge in [-0.15, -0.1) is 0 Å². The molecular weight excluding hydrogens is 577 g/mol. The monoisotopic (exact) mass is 616 g/mol. The molecule has 1 aliphatic rings. The molecule has 44 heavy (non-hydrogen) atoms. The number of hydrogen-bond donors (Lipinski definition) is 2. The molecule has 10 nitrogen and oxygen atoms in total. The molecule has 3 aromatic rings. The summed E-state index contributed by atoms with van der Waals surface area (Å²) in [6, 6.07) is 4.37. The Balaban J connectivity index is 1.59. The highest BCUT2D eigenvalue weighted by Crippen LogP contribution is 2.34. The van der Waals surface area contributed by atoms with Crippen LogP contribution in [0.2, 0.25) is 0 Å². The highest BCUT2D eigenvalue weighted by Gasteiger charge is 2.42. The number of alkyl halides is 3. The summed E-state index contributed by atoms with van der Waals surface area (Å²) in [5, 5.41) is 17.4. The number of amides is 2. The summed E-state index contributed by atoms with van der Waals surface area (Å²) < 4.78 is 42.4. The van der Waals surface area contributed by atoms with Crippen LogP contribution in [0.25, 0.3) is 11.3 Å². The van der Waals surface area contributed by atoms with Gasteiger partial charge >= 0.3 is 12.3 Å². The number of carboxylic acid groups (broad SMARTS) is 1. The molecule has 0 spiro atoms. The fraction of sp³-hybridized carbons (Fsp3) is 0.516. The Kier molecular flexibility index (Phi) is 9.85. The van der Waals surface area contributed by atoms with Gasteiger partial charge in [0, 0.05) is 24.4 Å². The number of Topliss-reactive ketones (excluding diaryl/α,β-unsaturated/α-hetero) is 1. The van der Waals surface area contributed by atoms with Crippen LogP contribution in [0, 0.1) is 5.41 Å². The smallest absolute Gasteiger partial charge is 0.416 e. The fourth-order valence-corrected chi connectivity index (χ4v) is 5.36. The predicted octanol–water partition coefficient (Wildman–Crippen LogP) is 6.65. The summed E-state index contributed by atoms with van der Waals surface area (Å²) in [6.07, 6.45) is 3.12. The summed E-state index contributed by atoms with van der Waals surface area (Å²) in [5.74, 6) is -1.36. The first kappa shape index (κ1) is 32.7. The van der Waals surface area contributed by atoms with Gasteiger partial charge in [-0.05, 0) is 43.2 Å². The van der Waals surface area contributed by atoms with E-state index >= 15 is 0 Å². The SMILES string of the molecule is CCCC[C@@H](C(=O)C(=O)Nc1ccnn1C1CCC1)N(C(=O)O)[C@H](Cn1cnc(-c2ccc(C(F)(F)F)cc2)c1)C(C)(C)C. The van der Waals surface area contributed by atoms with Crippen LogP contribution in [-0.4, -0.2) is 59.2 Å². The van der Waals surface area contributed by atoms with Crippen molar-refractivity contribution in [2.75, 3.05) is 5.32 Å². The molecular formula is C31H39F3N6O4. The Morgan fingerprint density at radius 2 is 1.80 bits per heavy atom. The highest BCUT2D eigenvalue weighted by molar-refractivity contribution is 6.42. The maximum atomic E-state index is 13.7. The van der Waals surface area contributed by atoms with E-state index < -0.39 is 47.0 Å². The van der Waals surface area contributed by atoms with E-state index in [9.17, 15) is 32.7 Å². The third kappa shape index (κ3) is 7.48. The minimum absolute atomic E-state index is 0.0927. The molecule has 2 N–H and O–H groups in total. The number of anilines is 1. The van der Waals surface area contributed by atoms with Crippen LogP contribution in [0.1, 0.15) is 77.8 Å². The third-order valence-corrected chi connectivity index (χ3v) is 8.11. The maximum Gasteiger partial charge on any atom is 0.416 e. The second-order valence-corrected chi connectivity index (χ2v) is 12.3. The quantitative estimate of drug-likeness (QED) is 0.220. The molecule has 13 heteroatoms. The average molecular weight is 617 g/mol. The Hall–Kier alpha value is -4.16. The number of halogens is 3. The van der Waals surface area contributed by atoms with E-state index in [1.165, 1.54) is 18.5 Å². The predicted molar refractivity (Wildman–Crippen MR) is 158 cm³/mol.